The van der Waals surface area contributed by atoms with Crippen LogP contribution in [-0.2, 0) is 16.1 Å². The first-order valence-electron chi connectivity index (χ1n) is 10.3. The van der Waals surface area contributed by atoms with E-state index in [9.17, 15) is 14.4 Å². The van der Waals surface area contributed by atoms with Crippen LogP contribution in [0.2, 0.25) is 0 Å². The molecule has 1 aliphatic carbocycles. The van der Waals surface area contributed by atoms with Gasteiger partial charge in [0.05, 0.1) is 5.41 Å². The Bertz CT molecular complexity index is 1240. The SMILES string of the molecule is C[C@]1(C(=O)c2ccccc2)[C@@H]2c3cc(Br)ccc3OC(=O)[C@]21C(=O)NCc1ccccc1. The van der Waals surface area contributed by atoms with Crippen molar-refractivity contribution < 1.29 is 19.1 Å². The summed E-state index contributed by atoms with van der Waals surface area (Å²) >= 11 is 3.46. The predicted molar refractivity (Wildman–Crippen MR) is 122 cm³/mol. The third-order valence-corrected chi connectivity index (χ3v) is 7.21. The second-order valence-corrected chi connectivity index (χ2v) is 9.29. The number of ketones is 1. The molecule has 32 heavy (non-hydrogen) atoms. The minimum Gasteiger partial charge on any atom is -0.425 e. The summed E-state index contributed by atoms with van der Waals surface area (Å²) < 4.78 is 6.41. The van der Waals surface area contributed by atoms with Crippen molar-refractivity contribution in [3.63, 3.8) is 0 Å². The number of carbonyl (C=O) groups excluding carboxylic acids is 3. The summed E-state index contributed by atoms with van der Waals surface area (Å²) in [5.74, 6) is -1.65. The number of fused-ring (bicyclic) bond motifs is 3. The normalized spacial score (nSPS) is 25.2. The lowest BCUT2D eigenvalue weighted by atomic mass is 9.86. The monoisotopic (exact) mass is 489 g/mol. The molecule has 1 aliphatic heterocycles. The first-order chi connectivity index (χ1) is 15.4. The maximum atomic E-state index is 13.7. The van der Waals surface area contributed by atoms with Crippen LogP contribution in [0.4, 0.5) is 0 Å². The molecule has 3 aromatic carbocycles. The Balaban J connectivity index is 1.59. The molecule has 160 valence electrons. The van der Waals surface area contributed by atoms with E-state index in [2.05, 4.69) is 21.2 Å². The highest BCUT2D eigenvalue weighted by molar-refractivity contribution is 9.10. The number of hydrogen-bond donors (Lipinski definition) is 1. The number of halogens is 1. The van der Waals surface area contributed by atoms with Gasteiger partial charge in [-0.15, -0.1) is 0 Å². The lowest BCUT2D eigenvalue weighted by Crippen LogP contribution is -2.45. The molecular formula is C26H20BrNO4. The fourth-order valence-corrected chi connectivity index (χ4v) is 5.47. The summed E-state index contributed by atoms with van der Waals surface area (Å²) in [4.78, 5) is 40.7. The zero-order chi connectivity index (χ0) is 22.5. The Labute approximate surface area is 193 Å². The molecule has 6 heteroatoms. The number of benzene rings is 3. The van der Waals surface area contributed by atoms with Crippen molar-refractivity contribution >= 4 is 33.6 Å². The van der Waals surface area contributed by atoms with Crippen molar-refractivity contribution in [1.82, 2.24) is 5.32 Å². The molecule has 0 bridgehead atoms. The van der Waals surface area contributed by atoms with Gasteiger partial charge in [-0.1, -0.05) is 76.6 Å². The maximum Gasteiger partial charge on any atom is 0.328 e. The molecule has 5 nitrogen and oxygen atoms in total. The number of esters is 1. The minimum absolute atomic E-state index is 0.247. The number of nitrogens with one attached hydrogen (secondary N) is 1. The van der Waals surface area contributed by atoms with Crippen LogP contribution in [0, 0.1) is 10.8 Å². The summed E-state index contributed by atoms with van der Waals surface area (Å²) in [5.41, 5.74) is -0.844. The molecule has 3 atom stereocenters. The maximum absolute atomic E-state index is 13.7. The van der Waals surface area contributed by atoms with Gasteiger partial charge in [0.25, 0.3) is 0 Å². The molecule has 0 radical (unpaired) electrons. The zero-order valence-corrected chi connectivity index (χ0v) is 18.9. The number of hydrogen-bond acceptors (Lipinski definition) is 4. The van der Waals surface area contributed by atoms with E-state index in [0.29, 0.717) is 16.9 Å². The standard InChI is InChI=1S/C26H20BrNO4/c1-25(22(29)17-10-6-3-7-11-17)21-19-14-18(27)12-13-20(19)32-24(31)26(21,25)23(30)28-15-16-8-4-2-5-9-16/h2-14,21H,15H2,1H3,(H,28,30)/t21-,25+,26+/m0/s1. The van der Waals surface area contributed by atoms with Crippen LogP contribution >= 0.6 is 15.9 Å². The summed E-state index contributed by atoms with van der Waals surface area (Å²) in [5, 5.41) is 2.88. The van der Waals surface area contributed by atoms with Gasteiger partial charge in [0.1, 0.15) is 5.75 Å². The van der Waals surface area contributed by atoms with E-state index in [1.54, 1.807) is 43.3 Å². The van der Waals surface area contributed by atoms with Gasteiger partial charge in [0.15, 0.2) is 11.2 Å². The van der Waals surface area contributed by atoms with E-state index < -0.39 is 28.6 Å². The molecule has 0 saturated heterocycles. The highest BCUT2D eigenvalue weighted by Gasteiger charge is 2.88. The molecule has 1 N–H and O–H groups in total. The molecule has 1 fully saturated rings. The molecule has 0 aromatic heterocycles. The molecular weight excluding hydrogens is 470 g/mol. The largest absolute Gasteiger partial charge is 0.425 e. The number of ether oxygens (including phenoxy) is 1. The summed E-state index contributed by atoms with van der Waals surface area (Å²) in [6.45, 7) is 1.95. The highest BCUT2D eigenvalue weighted by atomic mass is 79.9. The Hall–Kier alpha value is -3.25. The number of amides is 1. The Kier molecular flexibility index (Phi) is 4.78. The molecule has 0 spiro atoms. The number of Topliss-reactive ketones (excluding diaryl/α,β-unsaturated/α-hetero) is 1. The van der Waals surface area contributed by atoms with Crippen LogP contribution in [0.15, 0.2) is 83.3 Å². The van der Waals surface area contributed by atoms with E-state index in [4.69, 9.17) is 4.74 Å². The molecule has 1 heterocycles. The molecule has 5 rings (SSSR count). The molecule has 2 aliphatic rings. The quantitative estimate of drug-likeness (QED) is 0.245. The van der Waals surface area contributed by atoms with Crippen molar-refractivity contribution in [3.8, 4) is 5.75 Å². The lowest BCUT2D eigenvalue weighted by molar-refractivity contribution is -0.149. The Morgan fingerprint density at radius 1 is 1.00 bits per heavy atom. The Morgan fingerprint density at radius 2 is 1.66 bits per heavy atom. The zero-order valence-electron chi connectivity index (χ0n) is 17.3. The van der Waals surface area contributed by atoms with Crippen molar-refractivity contribution in [2.24, 2.45) is 10.8 Å². The number of rotatable bonds is 5. The molecule has 0 unspecified atom stereocenters. The summed E-state index contributed by atoms with van der Waals surface area (Å²) in [6, 6.07) is 23.5. The van der Waals surface area contributed by atoms with E-state index in [1.807, 2.05) is 42.5 Å². The van der Waals surface area contributed by atoms with Gasteiger partial charge in [-0.05, 0) is 30.7 Å². The van der Waals surface area contributed by atoms with Gasteiger partial charge >= 0.3 is 5.97 Å². The van der Waals surface area contributed by atoms with Gasteiger partial charge in [0, 0.05) is 28.1 Å². The van der Waals surface area contributed by atoms with Crippen molar-refractivity contribution in [2.45, 2.75) is 19.4 Å². The minimum atomic E-state index is -1.62. The molecule has 1 amide bonds. The average Bonchev–Trinajstić information content (AvgIpc) is 3.42. The topological polar surface area (TPSA) is 72.5 Å². The van der Waals surface area contributed by atoms with Crippen LogP contribution in [0.1, 0.15) is 34.3 Å². The molecule has 1 saturated carbocycles. The second kappa shape index (κ2) is 7.41. The van der Waals surface area contributed by atoms with Crippen LogP contribution in [0.25, 0.3) is 0 Å². The summed E-state index contributed by atoms with van der Waals surface area (Å²) in [7, 11) is 0. The first-order valence-corrected chi connectivity index (χ1v) is 11.1. The van der Waals surface area contributed by atoms with Crippen LogP contribution in [0.5, 0.6) is 5.75 Å². The lowest BCUT2D eigenvalue weighted by Gasteiger charge is -2.23. The fourth-order valence-electron chi connectivity index (χ4n) is 5.09. The van der Waals surface area contributed by atoms with Gasteiger partial charge in [-0.25, -0.2) is 0 Å². The second-order valence-electron chi connectivity index (χ2n) is 8.38. The first kappa shape index (κ1) is 20.6. The number of carbonyl (C=O) groups is 3. The van der Waals surface area contributed by atoms with Crippen molar-refractivity contribution in [3.05, 3.63) is 100 Å². The third-order valence-electron chi connectivity index (χ3n) is 6.72. The molecule has 3 aromatic rings. The fraction of sp³-hybridized carbons (Fsp3) is 0.192. The van der Waals surface area contributed by atoms with Gasteiger partial charge in [-0.2, -0.15) is 0 Å². The van der Waals surface area contributed by atoms with Crippen LogP contribution < -0.4 is 10.1 Å². The van der Waals surface area contributed by atoms with Crippen molar-refractivity contribution in [1.29, 1.82) is 0 Å². The average molecular weight is 490 g/mol. The van der Waals surface area contributed by atoms with Crippen molar-refractivity contribution in [2.75, 3.05) is 0 Å². The van der Waals surface area contributed by atoms with Gasteiger partial charge < -0.3 is 10.1 Å². The van der Waals surface area contributed by atoms with Gasteiger partial charge in [0.2, 0.25) is 5.91 Å². The predicted octanol–water partition coefficient (Wildman–Crippen LogP) is 4.66. The van der Waals surface area contributed by atoms with Gasteiger partial charge in [-0.3, -0.25) is 14.4 Å². The van der Waals surface area contributed by atoms with E-state index in [1.165, 1.54) is 0 Å². The van der Waals surface area contributed by atoms with E-state index in [-0.39, 0.29) is 12.3 Å². The van der Waals surface area contributed by atoms with Crippen LogP contribution in [-0.4, -0.2) is 17.7 Å². The smallest absolute Gasteiger partial charge is 0.328 e. The third kappa shape index (κ3) is 2.79. The van der Waals surface area contributed by atoms with E-state index >= 15 is 0 Å². The highest BCUT2D eigenvalue weighted by Crippen LogP contribution is 2.78. The summed E-state index contributed by atoms with van der Waals surface area (Å²) in [6.07, 6.45) is 0. The van der Waals surface area contributed by atoms with E-state index in [0.717, 1.165) is 10.0 Å². The Morgan fingerprint density at radius 3 is 2.34 bits per heavy atom. The van der Waals surface area contributed by atoms with Crippen LogP contribution in [0.3, 0.4) is 0 Å².